The van der Waals surface area contributed by atoms with Gasteiger partial charge in [-0.2, -0.15) is 5.10 Å². The van der Waals surface area contributed by atoms with Gasteiger partial charge in [0, 0.05) is 31.6 Å². The van der Waals surface area contributed by atoms with E-state index in [9.17, 15) is 29.4 Å². The van der Waals surface area contributed by atoms with E-state index in [1.54, 1.807) is 30.1 Å². The van der Waals surface area contributed by atoms with Gasteiger partial charge in [0.05, 0.1) is 12.3 Å². The van der Waals surface area contributed by atoms with Crippen molar-refractivity contribution in [2.24, 2.45) is 10.5 Å². The third kappa shape index (κ3) is 6.57. The molecule has 42 heavy (non-hydrogen) atoms. The second kappa shape index (κ2) is 12.5. The number of carboxylic acid groups (broad SMARTS) is 1. The lowest BCUT2D eigenvalue weighted by molar-refractivity contribution is -0.142. The molecule has 2 heterocycles. The van der Waals surface area contributed by atoms with E-state index in [2.05, 4.69) is 15.7 Å². The van der Waals surface area contributed by atoms with Gasteiger partial charge in [-0.1, -0.05) is 54.1 Å². The SMILES string of the molecule is CN1N=C2CCN(C(=O)C(CCc3ccc(CO)cc3Cl)NC(=O)C(C)(C)NC(=O)O)C[C@@]2(Cc2ccccc2)C1=O. The molecule has 0 aromatic heterocycles. The van der Waals surface area contributed by atoms with Crippen LogP contribution in [0.5, 0.6) is 0 Å². The van der Waals surface area contributed by atoms with Crippen LogP contribution in [0.1, 0.15) is 43.4 Å². The standard InChI is InChI=1S/C30H36ClN5O6/c1-29(2,33-28(41)42)26(39)32-23(12-11-21-10-9-20(17-37)15-22(21)31)25(38)36-14-13-24-30(18-36,27(40)35(3)34-24)16-19-7-5-4-6-8-19/h4-10,15,23,33,37H,11-14,16-18H2,1-3H3,(H,32,39)(H,41,42)/t23?,30-/m1/s1. The molecule has 4 amide bonds. The van der Waals surface area contributed by atoms with Crippen molar-refractivity contribution in [2.75, 3.05) is 20.1 Å². The number of nitrogens with one attached hydrogen (secondary N) is 2. The van der Waals surface area contributed by atoms with Crippen molar-refractivity contribution in [1.82, 2.24) is 20.5 Å². The summed E-state index contributed by atoms with van der Waals surface area (Å²) in [5.74, 6) is -1.24. The van der Waals surface area contributed by atoms with Crippen LogP contribution in [0.25, 0.3) is 0 Å². The number of aryl methyl sites for hydroxylation is 1. The van der Waals surface area contributed by atoms with Gasteiger partial charge in [-0.15, -0.1) is 0 Å². The van der Waals surface area contributed by atoms with Gasteiger partial charge in [-0.05, 0) is 55.9 Å². The average molecular weight is 598 g/mol. The maximum atomic E-state index is 14.1. The molecule has 224 valence electrons. The summed E-state index contributed by atoms with van der Waals surface area (Å²) in [5, 5.41) is 29.8. The molecule has 4 rings (SSSR count). The number of likely N-dealkylation sites (tertiary alicyclic amines) is 1. The fourth-order valence-corrected chi connectivity index (χ4v) is 5.85. The van der Waals surface area contributed by atoms with Crippen LogP contribution in [0.3, 0.4) is 0 Å². The number of rotatable bonds is 10. The van der Waals surface area contributed by atoms with Gasteiger partial charge in [-0.3, -0.25) is 14.4 Å². The maximum Gasteiger partial charge on any atom is 0.405 e. The Hall–Kier alpha value is -3.96. The summed E-state index contributed by atoms with van der Waals surface area (Å²) >= 11 is 6.42. The first-order valence-corrected chi connectivity index (χ1v) is 14.1. The number of piperidine rings is 1. The van der Waals surface area contributed by atoms with Crippen LogP contribution in [0, 0.1) is 5.41 Å². The Labute approximate surface area is 249 Å². The van der Waals surface area contributed by atoms with Crippen molar-refractivity contribution in [3.05, 3.63) is 70.2 Å². The van der Waals surface area contributed by atoms with E-state index in [4.69, 9.17) is 11.6 Å². The Bertz CT molecular complexity index is 1400. The van der Waals surface area contributed by atoms with Gasteiger partial charge < -0.3 is 25.7 Å². The summed E-state index contributed by atoms with van der Waals surface area (Å²) in [6.07, 6.45) is -0.105. The summed E-state index contributed by atoms with van der Waals surface area (Å²) < 4.78 is 0. The van der Waals surface area contributed by atoms with Gasteiger partial charge >= 0.3 is 6.09 Å². The van der Waals surface area contributed by atoms with Crippen LogP contribution >= 0.6 is 11.6 Å². The average Bonchev–Trinajstić information content (AvgIpc) is 3.19. The molecule has 0 spiro atoms. The maximum absolute atomic E-state index is 14.1. The smallest absolute Gasteiger partial charge is 0.405 e. The van der Waals surface area contributed by atoms with E-state index in [0.29, 0.717) is 36.4 Å². The molecule has 0 saturated carbocycles. The molecule has 2 aromatic rings. The largest absolute Gasteiger partial charge is 0.465 e. The number of carbonyl (C=O) groups excluding carboxylic acids is 3. The van der Waals surface area contributed by atoms with Crippen LogP contribution in [-0.4, -0.2) is 81.4 Å². The molecular formula is C30H36ClN5O6. The zero-order valence-electron chi connectivity index (χ0n) is 23.9. The minimum absolute atomic E-state index is 0.0951. The number of hydrogen-bond donors (Lipinski definition) is 4. The molecule has 12 heteroatoms. The molecule has 0 radical (unpaired) electrons. The number of hydrogen-bond acceptors (Lipinski definition) is 6. The zero-order chi connectivity index (χ0) is 30.7. The Morgan fingerprint density at radius 3 is 2.50 bits per heavy atom. The first-order valence-electron chi connectivity index (χ1n) is 13.8. The Morgan fingerprint density at radius 2 is 1.86 bits per heavy atom. The number of fused-ring (bicyclic) bond motifs is 1. The van der Waals surface area contributed by atoms with E-state index in [0.717, 1.165) is 16.8 Å². The molecule has 1 unspecified atom stereocenters. The van der Waals surface area contributed by atoms with Crippen molar-refractivity contribution in [3.8, 4) is 0 Å². The third-order valence-corrected chi connectivity index (χ3v) is 8.21. The summed E-state index contributed by atoms with van der Waals surface area (Å²) in [6, 6.07) is 13.7. The van der Waals surface area contributed by atoms with E-state index < -0.39 is 29.0 Å². The highest BCUT2D eigenvalue weighted by Gasteiger charge is 2.54. The third-order valence-electron chi connectivity index (χ3n) is 7.86. The minimum atomic E-state index is -1.51. The summed E-state index contributed by atoms with van der Waals surface area (Å²) in [4.78, 5) is 53.7. The predicted octanol–water partition coefficient (Wildman–Crippen LogP) is 2.59. The number of carbonyl (C=O) groups is 4. The van der Waals surface area contributed by atoms with Gasteiger partial charge in [0.2, 0.25) is 11.8 Å². The fourth-order valence-electron chi connectivity index (χ4n) is 5.55. The number of aliphatic hydroxyl groups excluding tert-OH is 1. The first kappa shape index (κ1) is 31.0. The predicted molar refractivity (Wildman–Crippen MR) is 157 cm³/mol. The molecule has 2 atom stereocenters. The monoisotopic (exact) mass is 597 g/mol. The number of hydrazone groups is 1. The van der Waals surface area contributed by atoms with Crippen LogP contribution < -0.4 is 10.6 Å². The second-order valence-electron chi connectivity index (χ2n) is 11.3. The molecule has 11 nitrogen and oxygen atoms in total. The lowest BCUT2D eigenvalue weighted by Gasteiger charge is -2.41. The molecule has 2 aliphatic heterocycles. The van der Waals surface area contributed by atoms with Gasteiger partial charge in [0.15, 0.2) is 0 Å². The minimum Gasteiger partial charge on any atom is -0.465 e. The molecule has 1 saturated heterocycles. The van der Waals surface area contributed by atoms with Crippen molar-refractivity contribution < 1.29 is 29.4 Å². The topological polar surface area (TPSA) is 152 Å². The van der Waals surface area contributed by atoms with E-state index in [1.807, 2.05) is 30.3 Å². The number of nitrogens with zero attached hydrogens (tertiary/aromatic N) is 3. The Morgan fingerprint density at radius 1 is 1.14 bits per heavy atom. The highest BCUT2D eigenvalue weighted by atomic mass is 35.5. The molecule has 1 fully saturated rings. The van der Waals surface area contributed by atoms with Crippen molar-refractivity contribution in [2.45, 2.75) is 57.7 Å². The number of halogens is 1. The van der Waals surface area contributed by atoms with E-state index >= 15 is 0 Å². The van der Waals surface area contributed by atoms with Gasteiger partial charge in [0.25, 0.3) is 5.91 Å². The highest BCUT2D eigenvalue weighted by molar-refractivity contribution is 6.31. The van der Waals surface area contributed by atoms with Crippen LogP contribution in [0.2, 0.25) is 5.02 Å². The van der Waals surface area contributed by atoms with E-state index in [1.165, 1.54) is 18.9 Å². The molecule has 2 aromatic carbocycles. The first-order chi connectivity index (χ1) is 19.9. The highest BCUT2D eigenvalue weighted by Crippen LogP contribution is 2.38. The van der Waals surface area contributed by atoms with Crippen LogP contribution in [0.15, 0.2) is 53.6 Å². The quantitative estimate of drug-likeness (QED) is 0.330. The molecule has 0 bridgehead atoms. The van der Waals surface area contributed by atoms with Crippen molar-refractivity contribution in [3.63, 3.8) is 0 Å². The fraction of sp³-hybridized carbons (Fsp3) is 0.433. The molecule has 4 N–H and O–H groups in total. The number of aliphatic hydroxyl groups is 1. The lowest BCUT2D eigenvalue weighted by Crippen LogP contribution is -2.61. The molecule has 0 aliphatic carbocycles. The van der Waals surface area contributed by atoms with Crippen molar-refractivity contribution >= 4 is 41.1 Å². The normalized spacial score (nSPS) is 19.2. The number of amides is 4. The molecule has 2 aliphatic rings. The van der Waals surface area contributed by atoms with Gasteiger partial charge in [0.1, 0.15) is 17.0 Å². The van der Waals surface area contributed by atoms with Crippen LogP contribution in [0.4, 0.5) is 4.79 Å². The molecular weight excluding hydrogens is 562 g/mol. The number of benzene rings is 2. The van der Waals surface area contributed by atoms with Gasteiger partial charge in [-0.25, -0.2) is 9.80 Å². The second-order valence-corrected chi connectivity index (χ2v) is 11.7. The zero-order valence-corrected chi connectivity index (χ0v) is 24.6. The van der Waals surface area contributed by atoms with E-state index in [-0.39, 0.29) is 31.4 Å². The summed E-state index contributed by atoms with van der Waals surface area (Å²) in [5.41, 5.74) is 0.510. The lowest BCUT2D eigenvalue weighted by atomic mass is 9.73. The van der Waals surface area contributed by atoms with Crippen LogP contribution in [-0.2, 0) is 33.8 Å². The van der Waals surface area contributed by atoms with Crippen molar-refractivity contribution in [1.29, 1.82) is 0 Å². The summed E-state index contributed by atoms with van der Waals surface area (Å²) in [7, 11) is 1.61. The Balaban J connectivity index is 1.61. The summed E-state index contributed by atoms with van der Waals surface area (Å²) in [6.45, 7) is 3.06. The Kier molecular flexibility index (Phi) is 9.22.